The lowest BCUT2D eigenvalue weighted by Crippen LogP contribution is -2.33. The van der Waals surface area contributed by atoms with Gasteiger partial charge in [-0.15, -0.1) is 0 Å². The molecular formula is C24H19F2N7O. The quantitative estimate of drug-likeness (QED) is 0.498. The lowest BCUT2D eigenvalue weighted by Gasteiger charge is -2.28. The molecule has 0 bridgehead atoms. The Balaban J connectivity index is 1.80. The van der Waals surface area contributed by atoms with Crippen LogP contribution in [0.25, 0.3) is 16.6 Å². The van der Waals surface area contributed by atoms with Gasteiger partial charge >= 0.3 is 0 Å². The molecule has 0 amide bonds. The third kappa shape index (κ3) is 3.42. The molecule has 0 unspecified atom stereocenters. The summed E-state index contributed by atoms with van der Waals surface area (Å²) in [4.78, 5) is 28.4. The summed E-state index contributed by atoms with van der Waals surface area (Å²) < 4.78 is 30.0. The summed E-state index contributed by atoms with van der Waals surface area (Å²) in [6.45, 7) is 2.19. The predicted molar refractivity (Wildman–Crippen MR) is 122 cm³/mol. The van der Waals surface area contributed by atoms with Gasteiger partial charge in [-0.3, -0.25) is 9.36 Å². The van der Waals surface area contributed by atoms with E-state index in [1.165, 1.54) is 4.57 Å². The second kappa shape index (κ2) is 8.19. The first-order valence-electron chi connectivity index (χ1n) is 10.7. The molecule has 4 aromatic rings. The van der Waals surface area contributed by atoms with Gasteiger partial charge in [0.25, 0.3) is 5.56 Å². The van der Waals surface area contributed by atoms with Crippen LogP contribution in [0.1, 0.15) is 36.0 Å². The van der Waals surface area contributed by atoms with E-state index in [9.17, 15) is 18.8 Å². The van der Waals surface area contributed by atoms with Crippen molar-refractivity contribution in [2.45, 2.75) is 25.8 Å². The van der Waals surface area contributed by atoms with Gasteiger partial charge in [-0.25, -0.2) is 18.7 Å². The van der Waals surface area contributed by atoms with Crippen molar-refractivity contribution >= 4 is 22.7 Å². The molecule has 2 aromatic heterocycles. The van der Waals surface area contributed by atoms with Gasteiger partial charge in [-0.1, -0.05) is 18.2 Å². The molecule has 1 fully saturated rings. The Kier molecular flexibility index (Phi) is 5.17. The molecule has 2 N–H and O–H groups in total. The molecule has 1 aliphatic heterocycles. The molecule has 5 rings (SSSR count). The summed E-state index contributed by atoms with van der Waals surface area (Å²) in [7, 11) is 0. The Morgan fingerprint density at radius 1 is 1.15 bits per heavy atom. The van der Waals surface area contributed by atoms with E-state index in [2.05, 4.69) is 21.0 Å². The zero-order valence-electron chi connectivity index (χ0n) is 18.2. The van der Waals surface area contributed by atoms with Crippen LogP contribution in [0, 0.1) is 29.9 Å². The van der Waals surface area contributed by atoms with E-state index in [-0.39, 0.29) is 22.4 Å². The second-order valence-electron chi connectivity index (χ2n) is 8.06. The summed E-state index contributed by atoms with van der Waals surface area (Å²) in [5, 5.41) is 9.44. The summed E-state index contributed by atoms with van der Waals surface area (Å²) in [5.41, 5.74) is 6.36. The van der Waals surface area contributed by atoms with Gasteiger partial charge in [0.15, 0.2) is 5.82 Å². The minimum Gasteiger partial charge on any atom is -0.368 e. The number of rotatable bonds is 3. The largest absolute Gasteiger partial charge is 0.368 e. The maximum absolute atomic E-state index is 14.7. The zero-order valence-corrected chi connectivity index (χ0v) is 18.2. The fourth-order valence-electron chi connectivity index (χ4n) is 4.51. The third-order valence-corrected chi connectivity index (χ3v) is 5.95. The van der Waals surface area contributed by atoms with Crippen molar-refractivity contribution in [3.63, 3.8) is 0 Å². The molecule has 0 aliphatic carbocycles. The number of hydrogen-bond acceptors (Lipinski definition) is 7. The van der Waals surface area contributed by atoms with Gasteiger partial charge < -0.3 is 10.6 Å². The highest BCUT2D eigenvalue weighted by atomic mass is 19.1. The number of hydrogen-bond donors (Lipinski definition) is 1. The maximum atomic E-state index is 14.7. The van der Waals surface area contributed by atoms with Crippen molar-refractivity contribution in [2.75, 3.05) is 17.2 Å². The van der Waals surface area contributed by atoms with Crippen LogP contribution in [0.2, 0.25) is 0 Å². The number of aromatic nitrogens is 4. The van der Waals surface area contributed by atoms with Crippen LogP contribution in [0.5, 0.6) is 0 Å². The maximum Gasteiger partial charge on any atom is 0.269 e. The number of para-hydroxylation sites is 1. The Morgan fingerprint density at radius 3 is 2.65 bits per heavy atom. The summed E-state index contributed by atoms with van der Waals surface area (Å²) in [5.74, 6) is -1.14. The van der Waals surface area contributed by atoms with Crippen LogP contribution in [-0.4, -0.2) is 26.1 Å². The van der Waals surface area contributed by atoms with Crippen molar-refractivity contribution in [3.05, 3.63) is 81.5 Å². The monoisotopic (exact) mass is 459 g/mol. The van der Waals surface area contributed by atoms with Crippen molar-refractivity contribution < 1.29 is 8.78 Å². The van der Waals surface area contributed by atoms with Crippen molar-refractivity contribution in [2.24, 2.45) is 0 Å². The zero-order chi connectivity index (χ0) is 24.0. The summed E-state index contributed by atoms with van der Waals surface area (Å²) in [6.07, 6.45) is 1.30. The van der Waals surface area contributed by atoms with Gasteiger partial charge in [0, 0.05) is 18.7 Å². The topological polar surface area (TPSA) is 114 Å². The van der Waals surface area contributed by atoms with Gasteiger partial charge in [-0.05, 0) is 31.9 Å². The van der Waals surface area contributed by atoms with Gasteiger partial charge in [-0.2, -0.15) is 10.2 Å². The minimum absolute atomic E-state index is 0.0215. The molecular weight excluding hydrogens is 440 g/mol. The number of anilines is 2. The fraction of sp³-hybridized carbons (Fsp3) is 0.208. The molecule has 170 valence electrons. The number of fused-ring (bicyclic) bond motifs is 1. The van der Waals surface area contributed by atoms with Crippen LogP contribution >= 0.6 is 0 Å². The first-order valence-corrected chi connectivity index (χ1v) is 10.7. The number of benzene rings is 2. The number of nitrogens with two attached hydrogens (primary N) is 1. The summed E-state index contributed by atoms with van der Waals surface area (Å²) >= 11 is 0. The van der Waals surface area contributed by atoms with Crippen LogP contribution in [0.15, 0.2) is 47.3 Å². The average Bonchev–Trinajstić information content (AvgIpc) is 3.28. The van der Waals surface area contributed by atoms with E-state index >= 15 is 0 Å². The Labute approximate surface area is 192 Å². The number of aryl methyl sites for hydroxylation is 1. The number of halogens is 2. The smallest absolute Gasteiger partial charge is 0.269 e. The molecule has 8 nitrogen and oxygen atoms in total. The van der Waals surface area contributed by atoms with E-state index in [0.29, 0.717) is 42.1 Å². The highest BCUT2D eigenvalue weighted by Crippen LogP contribution is 2.37. The predicted octanol–water partition coefficient (Wildman–Crippen LogP) is 3.56. The highest BCUT2D eigenvalue weighted by Gasteiger charge is 2.34. The van der Waals surface area contributed by atoms with E-state index in [0.717, 1.165) is 12.5 Å². The molecule has 10 heteroatoms. The molecule has 1 aliphatic rings. The SMILES string of the molecule is Cc1nc(N)nc(N2CCC[C@H]2c2nc3cc(F)cc(F)c3c(=O)n2-c2ccccc2)c1C#N. The molecule has 2 aromatic carbocycles. The Bertz CT molecular complexity index is 1530. The molecule has 0 saturated carbocycles. The van der Waals surface area contributed by atoms with Crippen LogP contribution in [0.4, 0.5) is 20.5 Å². The van der Waals surface area contributed by atoms with Crippen LogP contribution in [-0.2, 0) is 0 Å². The number of nitriles is 1. The first kappa shape index (κ1) is 21.5. The number of nitrogen functional groups attached to an aromatic ring is 1. The second-order valence-corrected chi connectivity index (χ2v) is 8.06. The summed E-state index contributed by atoms with van der Waals surface area (Å²) in [6, 6.07) is 12.1. The standard InChI is InChI=1S/C24H19F2N7O/c1-13-16(12-27)21(31-24(28)29-13)32-9-5-8-19(32)22-30-18-11-14(25)10-17(26)20(18)23(34)33(22)15-6-3-2-4-7-15/h2-4,6-7,10-11,19H,5,8-9H2,1H3,(H2,28,29,31)/t19-/m0/s1. The first-order chi connectivity index (χ1) is 16.4. The Morgan fingerprint density at radius 2 is 1.91 bits per heavy atom. The number of nitrogens with zero attached hydrogens (tertiary/aromatic N) is 6. The van der Waals surface area contributed by atoms with Crippen molar-refractivity contribution in [3.8, 4) is 11.8 Å². The fourth-order valence-corrected chi connectivity index (χ4v) is 4.51. The van der Waals surface area contributed by atoms with Crippen LogP contribution < -0.4 is 16.2 Å². The van der Waals surface area contributed by atoms with Crippen molar-refractivity contribution in [1.29, 1.82) is 5.26 Å². The lowest BCUT2D eigenvalue weighted by molar-refractivity contribution is 0.586. The molecule has 1 saturated heterocycles. The normalized spacial score (nSPS) is 15.6. The molecule has 0 radical (unpaired) electrons. The molecule has 0 spiro atoms. The Hall–Kier alpha value is -4.39. The van der Waals surface area contributed by atoms with Gasteiger partial charge in [0.2, 0.25) is 5.95 Å². The van der Waals surface area contributed by atoms with Crippen molar-refractivity contribution in [1.82, 2.24) is 19.5 Å². The molecule has 1 atom stereocenters. The van der Waals surface area contributed by atoms with Gasteiger partial charge in [0.1, 0.15) is 34.5 Å². The molecule has 34 heavy (non-hydrogen) atoms. The van der Waals surface area contributed by atoms with E-state index < -0.39 is 23.2 Å². The lowest BCUT2D eigenvalue weighted by atomic mass is 10.1. The average molecular weight is 459 g/mol. The van der Waals surface area contributed by atoms with Gasteiger partial charge in [0.05, 0.1) is 22.9 Å². The third-order valence-electron chi connectivity index (χ3n) is 5.95. The van der Waals surface area contributed by atoms with Crippen LogP contribution in [0.3, 0.4) is 0 Å². The van der Waals surface area contributed by atoms with E-state index in [4.69, 9.17) is 5.73 Å². The highest BCUT2D eigenvalue weighted by molar-refractivity contribution is 5.79. The van der Waals surface area contributed by atoms with E-state index in [1.54, 1.807) is 37.3 Å². The van der Waals surface area contributed by atoms with E-state index in [1.807, 2.05) is 4.90 Å². The minimum atomic E-state index is -0.974. The molecule has 3 heterocycles.